The molecule has 6 nitrogen and oxygen atoms in total. The molecule has 0 aromatic carbocycles. The zero-order valence-corrected chi connectivity index (χ0v) is 15.3. The number of nitrogens with one attached hydrogen (secondary N) is 1. The number of aromatic nitrogens is 2. The second kappa shape index (κ2) is 7.19. The molecule has 2 aromatic heterocycles. The summed E-state index contributed by atoms with van der Waals surface area (Å²) in [5.41, 5.74) is 1.64. The molecule has 25 heavy (non-hydrogen) atoms. The predicted molar refractivity (Wildman–Crippen MR) is 98.8 cm³/mol. The van der Waals surface area contributed by atoms with Gasteiger partial charge >= 0.3 is 0 Å². The summed E-state index contributed by atoms with van der Waals surface area (Å²) in [6, 6.07) is 6.26. The van der Waals surface area contributed by atoms with Crippen LogP contribution in [-0.4, -0.2) is 71.0 Å². The van der Waals surface area contributed by atoms with Crippen molar-refractivity contribution in [1.29, 1.82) is 0 Å². The van der Waals surface area contributed by atoms with Crippen LogP contribution in [0.5, 0.6) is 0 Å². The lowest BCUT2D eigenvalue weighted by atomic mass is 10.2. The number of pyridine rings is 1. The van der Waals surface area contributed by atoms with E-state index in [-0.39, 0.29) is 5.91 Å². The highest BCUT2D eigenvalue weighted by molar-refractivity contribution is 7.17. The molecular weight excluding hydrogens is 334 g/mol. The quantitative estimate of drug-likeness (QED) is 0.905. The number of hydrogen-bond donors (Lipinski definition) is 1. The molecule has 2 saturated heterocycles. The molecule has 2 aliphatic heterocycles. The van der Waals surface area contributed by atoms with Crippen molar-refractivity contribution in [3.05, 3.63) is 35.0 Å². The molecule has 0 spiro atoms. The minimum absolute atomic E-state index is 0.120. The molecule has 0 saturated carbocycles. The van der Waals surface area contributed by atoms with Crippen LogP contribution in [0.25, 0.3) is 10.7 Å². The number of piperazine rings is 1. The average Bonchev–Trinajstić information content (AvgIpc) is 3.30. The third-order valence-electron chi connectivity index (χ3n) is 4.99. The van der Waals surface area contributed by atoms with E-state index in [2.05, 4.69) is 20.2 Å². The molecule has 0 aliphatic carbocycles. The minimum Gasteiger partial charge on any atom is -0.336 e. The fraction of sp³-hybridized carbons (Fsp3) is 0.500. The van der Waals surface area contributed by atoms with E-state index in [0.717, 1.165) is 67.0 Å². The number of hydrogen-bond acceptors (Lipinski definition) is 6. The molecule has 1 unspecified atom stereocenters. The van der Waals surface area contributed by atoms with Gasteiger partial charge in [0.2, 0.25) is 0 Å². The number of carbonyl (C=O) groups is 1. The molecule has 4 rings (SSSR count). The van der Waals surface area contributed by atoms with E-state index < -0.39 is 0 Å². The Morgan fingerprint density at radius 3 is 2.88 bits per heavy atom. The maximum atomic E-state index is 13.0. The van der Waals surface area contributed by atoms with Crippen molar-refractivity contribution in [3.63, 3.8) is 0 Å². The number of rotatable bonds is 3. The first-order valence-corrected chi connectivity index (χ1v) is 9.67. The lowest BCUT2D eigenvalue weighted by Gasteiger charge is -2.32. The van der Waals surface area contributed by atoms with E-state index >= 15 is 0 Å². The summed E-state index contributed by atoms with van der Waals surface area (Å²) in [5, 5.41) is 4.21. The summed E-state index contributed by atoms with van der Waals surface area (Å²) < 4.78 is 0. The molecule has 1 amide bonds. The van der Waals surface area contributed by atoms with Crippen LogP contribution in [0.4, 0.5) is 0 Å². The summed E-state index contributed by atoms with van der Waals surface area (Å²) in [5.74, 6) is 0.120. The van der Waals surface area contributed by atoms with Crippen LogP contribution in [0, 0.1) is 6.92 Å². The molecule has 4 heterocycles. The smallest absolute Gasteiger partial charge is 0.265 e. The SMILES string of the molecule is Cc1nc(-c2ccccn2)sc1C(=O)N1CCC(N2CCNCC2)C1. The Hall–Kier alpha value is -1.83. The van der Waals surface area contributed by atoms with Gasteiger partial charge in [0.1, 0.15) is 9.88 Å². The van der Waals surface area contributed by atoms with Gasteiger partial charge in [0.25, 0.3) is 5.91 Å². The van der Waals surface area contributed by atoms with Crippen molar-refractivity contribution in [2.24, 2.45) is 0 Å². The topological polar surface area (TPSA) is 61.4 Å². The van der Waals surface area contributed by atoms with E-state index in [4.69, 9.17) is 0 Å². The largest absolute Gasteiger partial charge is 0.336 e. The van der Waals surface area contributed by atoms with Crippen LogP contribution >= 0.6 is 11.3 Å². The molecule has 2 aliphatic rings. The first kappa shape index (κ1) is 16.6. The Balaban J connectivity index is 1.47. The summed E-state index contributed by atoms with van der Waals surface area (Å²) in [6.45, 7) is 7.84. The fourth-order valence-electron chi connectivity index (χ4n) is 3.61. The van der Waals surface area contributed by atoms with Crippen LogP contribution in [0.3, 0.4) is 0 Å². The van der Waals surface area contributed by atoms with Gasteiger partial charge in [-0.25, -0.2) is 4.98 Å². The average molecular weight is 357 g/mol. The van der Waals surface area contributed by atoms with Gasteiger partial charge in [0, 0.05) is 51.5 Å². The number of carbonyl (C=O) groups excluding carboxylic acids is 1. The molecule has 1 N–H and O–H groups in total. The van der Waals surface area contributed by atoms with Crippen LogP contribution in [-0.2, 0) is 0 Å². The van der Waals surface area contributed by atoms with E-state index in [9.17, 15) is 4.79 Å². The second-order valence-electron chi connectivity index (χ2n) is 6.63. The van der Waals surface area contributed by atoms with Crippen LogP contribution < -0.4 is 5.32 Å². The Labute approximate surface area is 151 Å². The van der Waals surface area contributed by atoms with Crippen LogP contribution in [0.2, 0.25) is 0 Å². The summed E-state index contributed by atoms with van der Waals surface area (Å²) >= 11 is 1.46. The molecule has 2 fully saturated rings. The molecular formula is C18H23N5OS. The molecule has 0 radical (unpaired) electrons. The molecule has 0 bridgehead atoms. The van der Waals surface area contributed by atoms with Crippen LogP contribution in [0.1, 0.15) is 21.8 Å². The van der Waals surface area contributed by atoms with Crippen LogP contribution in [0.15, 0.2) is 24.4 Å². The zero-order chi connectivity index (χ0) is 17.2. The summed E-state index contributed by atoms with van der Waals surface area (Å²) in [6.07, 6.45) is 2.82. The van der Waals surface area contributed by atoms with Gasteiger partial charge in [0.15, 0.2) is 0 Å². The fourth-order valence-corrected chi connectivity index (χ4v) is 4.62. The minimum atomic E-state index is 0.120. The van der Waals surface area contributed by atoms with Crippen molar-refractivity contribution in [2.75, 3.05) is 39.3 Å². The van der Waals surface area contributed by atoms with Gasteiger partial charge in [-0.15, -0.1) is 11.3 Å². The van der Waals surface area contributed by atoms with Gasteiger partial charge < -0.3 is 10.2 Å². The van der Waals surface area contributed by atoms with E-state index in [1.807, 2.05) is 30.0 Å². The highest BCUT2D eigenvalue weighted by Crippen LogP contribution is 2.29. The first-order chi connectivity index (χ1) is 12.2. The first-order valence-electron chi connectivity index (χ1n) is 8.85. The third-order valence-corrected chi connectivity index (χ3v) is 6.16. The maximum Gasteiger partial charge on any atom is 0.265 e. The third kappa shape index (κ3) is 3.44. The normalized spacial score (nSPS) is 21.6. The van der Waals surface area contributed by atoms with Crippen molar-refractivity contribution in [3.8, 4) is 10.7 Å². The number of likely N-dealkylation sites (tertiary alicyclic amines) is 1. The number of nitrogens with zero attached hydrogens (tertiary/aromatic N) is 4. The molecule has 7 heteroatoms. The van der Waals surface area contributed by atoms with Gasteiger partial charge in [-0.2, -0.15) is 0 Å². The van der Waals surface area contributed by atoms with Gasteiger partial charge in [-0.05, 0) is 25.5 Å². The summed E-state index contributed by atoms with van der Waals surface area (Å²) in [7, 11) is 0. The monoisotopic (exact) mass is 357 g/mol. The van der Waals surface area contributed by atoms with Crippen molar-refractivity contribution >= 4 is 17.2 Å². The standard InChI is InChI=1S/C18H23N5OS/c1-13-16(25-17(21-13)15-4-2-3-6-20-15)18(24)23-9-5-14(12-23)22-10-7-19-8-11-22/h2-4,6,14,19H,5,7-12H2,1H3. The Morgan fingerprint density at radius 2 is 2.12 bits per heavy atom. The molecule has 1 atom stereocenters. The lowest BCUT2D eigenvalue weighted by Crippen LogP contribution is -2.49. The Kier molecular flexibility index (Phi) is 4.78. The van der Waals surface area contributed by atoms with E-state index in [0.29, 0.717) is 6.04 Å². The lowest BCUT2D eigenvalue weighted by molar-refractivity contribution is 0.0777. The van der Waals surface area contributed by atoms with Crippen molar-refractivity contribution in [1.82, 2.24) is 25.1 Å². The highest BCUT2D eigenvalue weighted by Gasteiger charge is 2.32. The number of aryl methyl sites for hydroxylation is 1. The predicted octanol–water partition coefficient (Wildman–Crippen LogP) is 1.63. The number of thiazole rings is 1. The molecule has 132 valence electrons. The zero-order valence-electron chi connectivity index (χ0n) is 14.4. The Bertz CT molecular complexity index is 741. The van der Waals surface area contributed by atoms with Crippen molar-refractivity contribution in [2.45, 2.75) is 19.4 Å². The Morgan fingerprint density at radius 1 is 1.28 bits per heavy atom. The van der Waals surface area contributed by atoms with E-state index in [1.54, 1.807) is 6.20 Å². The maximum absolute atomic E-state index is 13.0. The molecule has 2 aromatic rings. The van der Waals surface area contributed by atoms with Crippen molar-refractivity contribution < 1.29 is 4.79 Å². The van der Waals surface area contributed by atoms with Gasteiger partial charge in [0.05, 0.1) is 11.4 Å². The van der Waals surface area contributed by atoms with Gasteiger partial charge in [-0.3, -0.25) is 14.7 Å². The highest BCUT2D eigenvalue weighted by atomic mass is 32.1. The van der Waals surface area contributed by atoms with Gasteiger partial charge in [-0.1, -0.05) is 6.07 Å². The second-order valence-corrected chi connectivity index (χ2v) is 7.63. The summed E-state index contributed by atoms with van der Waals surface area (Å²) in [4.78, 5) is 27.2. The number of amides is 1. The van der Waals surface area contributed by atoms with E-state index in [1.165, 1.54) is 11.3 Å².